The fourth-order valence-electron chi connectivity index (χ4n) is 3.19. The zero-order chi connectivity index (χ0) is 15.4. The summed E-state index contributed by atoms with van der Waals surface area (Å²) in [6.45, 7) is 8.83. The summed E-state index contributed by atoms with van der Waals surface area (Å²) in [4.78, 5) is 24.6. The summed E-state index contributed by atoms with van der Waals surface area (Å²) in [6.07, 6.45) is 0.440. The third-order valence-electron chi connectivity index (χ3n) is 4.26. The fraction of sp³-hybridized carbons (Fsp3) is 0.667. The Labute approximate surface area is 123 Å². The van der Waals surface area contributed by atoms with Gasteiger partial charge in [-0.25, -0.2) is 4.79 Å². The van der Waals surface area contributed by atoms with Crippen LogP contribution in [0.4, 0.5) is 4.79 Å². The van der Waals surface area contributed by atoms with Crippen LogP contribution in [0.3, 0.4) is 0 Å². The maximum Gasteiger partial charge on any atom is 0.410 e. The summed E-state index contributed by atoms with van der Waals surface area (Å²) in [5.41, 5.74) is 1.23. The van der Waals surface area contributed by atoms with E-state index < -0.39 is 5.60 Å². The number of ether oxygens (including phenoxy) is 1. The van der Waals surface area contributed by atoms with E-state index in [0.717, 1.165) is 11.3 Å². The lowest BCUT2D eigenvalue weighted by molar-refractivity contribution is 0.0270. The van der Waals surface area contributed by atoms with Gasteiger partial charge in [-0.2, -0.15) is 0 Å². The number of fused-ring (bicyclic) bond motifs is 1. The van der Waals surface area contributed by atoms with Gasteiger partial charge >= 0.3 is 6.09 Å². The van der Waals surface area contributed by atoms with Crippen molar-refractivity contribution in [2.75, 3.05) is 13.1 Å². The molecule has 21 heavy (non-hydrogen) atoms. The van der Waals surface area contributed by atoms with Crippen LogP contribution in [-0.4, -0.2) is 41.1 Å². The molecular formula is C15H20N2O4. The number of hydrogen-bond donors (Lipinski definition) is 0. The van der Waals surface area contributed by atoms with E-state index in [4.69, 9.17) is 9.26 Å². The number of carbonyl (C=O) groups excluding carboxylic acids is 2. The predicted molar refractivity (Wildman–Crippen MR) is 74.2 cm³/mol. The number of aldehydes is 1. The van der Waals surface area contributed by atoms with Gasteiger partial charge in [-0.05, 0) is 39.5 Å². The van der Waals surface area contributed by atoms with Crippen molar-refractivity contribution in [3.8, 4) is 0 Å². The highest BCUT2D eigenvalue weighted by molar-refractivity contribution is 5.73. The largest absolute Gasteiger partial charge is 0.444 e. The lowest BCUT2D eigenvalue weighted by atomic mass is 10.1. The smallest absolute Gasteiger partial charge is 0.410 e. The van der Waals surface area contributed by atoms with Crippen molar-refractivity contribution in [3.63, 3.8) is 0 Å². The van der Waals surface area contributed by atoms with Gasteiger partial charge in [-0.1, -0.05) is 5.16 Å². The summed E-state index contributed by atoms with van der Waals surface area (Å²) in [6, 6.07) is 0. The molecule has 0 spiro atoms. The third kappa shape index (κ3) is 2.43. The van der Waals surface area contributed by atoms with Crippen LogP contribution in [0.25, 0.3) is 0 Å². The van der Waals surface area contributed by atoms with Crippen LogP contribution in [0, 0.1) is 18.8 Å². The second kappa shape index (κ2) is 4.58. The van der Waals surface area contributed by atoms with Gasteiger partial charge in [0.2, 0.25) is 5.76 Å². The molecule has 1 aromatic heterocycles. The van der Waals surface area contributed by atoms with E-state index in [2.05, 4.69) is 5.16 Å². The molecule has 2 fully saturated rings. The van der Waals surface area contributed by atoms with Crippen molar-refractivity contribution >= 4 is 12.4 Å². The minimum Gasteiger partial charge on any atom is -0.444 e. The van der Waals surface area contributed by atoms with E-state index in [-0.39, 0.29) is 6.09 Å². The average molecular weight is 292 g/mol. The molecule has 0 bridgehead atoms. The third-order valence-corrected chi connectivity index (χ3v) is 4.26. The predicted octanol–water partition coefficient (Wildman–Crippen LogP) is 2.38. The zero-order valence-corrected chi connectivity index (χ0v) is 12.8. The zero-order valence-electron chi connectivity index (χ0n) is 12.8. The van der Waals surface area contributed by atoms with Crippen molar-refractivity contribution in [1.82, 2.24) is 10.1 Å². The monoisotopic (exact) mass is 292 g/mol. The maximum absolute atomic E-state index is 12.0. The Balaban J connectivity index is 1.62. The highest BCUT2D eigenvalue weighted by atomic mass is 16.6. The highest BCUT2D eigenvalue weighted by Gasteiger charge is 2.59. The topological polar surface area (TPSA) is 72.6 Å². The SMILES string of the molecule is Cc1c(C2[C@H]3CN(C(=O)OC(C)(C)C)C[C@@H]23)noc1C=O. The van der Waals surface area contributed by atoms with E-state index in [9.17, 15) is 9.59 Å². The number of carbonyl (C=O) groups is 2. The van der Waals surface area contributed by atoms with Crippen molar-refractivity contribution in [1.29, 1.82) is 0 Å². The number of piperidine rings is 1. The molecule has 1 saturated heterocycles. The second-order valence-electron chi connectivity index (χ2n) is 6.91. The summed E-state index contributed by atoms with van der Waals surface area (Å²) in [5, 5.41) is 4.02. The van der Waals surface area contributed by atoms with Crippen molar-refractivity contribution in [3.05, 3.63) is 17.0 Å². The molecule has 1 aliphatic carbocycles. The van der Waals surface area contributed by atoms with Crippen molar-refractivity contribution in [2.45, 2.75) is 39.2 Å². The molecule has 0 N–H and O–H groups in total. The van der Waals surface area contributed by atoms with Gasteiger partial charge in [0.25, 0.3) is 0 Å². The minimum atomic E-state index is -0.467. The van der Waals surface area contributed by atoms with Gasteiger partial charge in [0.1, 0.15) is 5.60 Å². The van der Waals surface area contributed by atoms with Crippen LogP contribution in [0.15, 0.2) is 4.52 Å². The fourth-order valence-corrected chi connectivity index (χ4v) is 3.19. The summed E-state index contributed by atoms with van der Waals surface area (Å²) in [7, 11) is 0. The molecule has 6 nitrogen and oxygen atoms in total. The average Bonchev–Trinajstić information content (AvgIpc) is 2.75. The molecule has 0 aromatic carbocycles. The van der Waals surface area contributed by atoms with E-state index in [1.54, 1.807) is 4.90 Å². The number of rotatable bonds is 2. The molecule has 3 rings (SSSR count). The van der Waals surface area contributed by atoms with Crippen molar-refractivity contribution < 1.29 is 18.8 Å². The Morgan fingerprint density at radius 2 is 2.00 bits per heavy atom. The Hall–Kier alpha value is -1.85. The molecule has 1 aromatic rings. The Morgan fingerprint density at radius 3 is 2.48 bits per heavy atom. The van der Waals surface area contributed by atoms with Gasteiger partial charge in [-0.15, -0.1) is 0 Å². The summed E-state index contributed by atoms with van der Waals surface area (Å²) < 4.78 is 10.4. The van der Waals surface area contributed by atoms with Crippen LogP contribution >= 0.6 is 0 Å². The molecule has 1 aliphatic heterocycles. The lowest BCUT2D eigenvalue weighted by Crippen LogP contribution is -2.36. The number of hydrogen-bond acceptors (Lipinski definition) is 5. The number of likely N-dealkylation sites (tertiary alicyclic amines) is 1. The van der Waals surface area contributed by atoms with E-state index in [1.165, 1.54) is 0 Å². The number of aromatic nitrogens is 1. The summed E-state index contributed by atoms with van der Waals surface area (Å²) in [5.74, 6) is 1.42. The van der Waals surface area contributed by atoms with Crippen molar-refractivity contribution in [2.24, 2.45) is 11.8 Å². The van der Waals surface area contributed by atoms with E-state index in [1.807, 2.05) is 27.7 Å². The molecule has 1 amide bonds. The molecule has 1 saturated carbocycles. The summed E-state index contributed by atoms with van der Waals surface area (Å²) >= 11 is 0. The Bertz CT molecular complexity index is 575. The van der Waals surface area contributed by atoms with Crippen LogP contribution in [0.2, 0.25) is 0 Å². The molecule has 1 unspecified atom stereocenters. The molecule has 6 heteroatoms. The normalized spacial score (nSPS) is 27.4. The van der Waals surface area contributed by atoms with Gasteiger partial charge in [0.15, 0.2) is 6.29 Å². The van der Waals surface area contributed by atoms with Crippen LogP contribution in [0.5, 0.6) is 0 Å². The van der Waals surface area contributed by atoms with Gasteiger partial charge in [0, 0.05) is 24.6 Å². The van der Waals surface area contributed by atoms with Gasteiger partial charge in [-0.3, -0.25) is 4.79 Å². The van der Waals surface area contributed by atoms with Gasteiger partial charge in [0.05, 0.1) is 5.69 Å². The lowest BCUT2D eigenvalue weighted by Gasteiger charge is -2.25. The first-order valence-corrected chi connectivity index (χ1v) is 7.21. The number of amides is 1. The second-order valence-corrected chi connectivity index (χ2v) is 6.91. The van der Waals surface area contributed by atoms with Crippen LogP contribution < -0.4 is 0 Å². The first-order chi connectivity index (χ1) is 9.81. The van der Waals surface area contributed by atoms with E-state index >= 15 is 0 Å². The molecule has 114 valence electrons. The molecule has 2 heterocycles. The first kappa shape index (κ1) is 14.1. The Morgan fingerprint density at radius 1 is 1.38 bits per heavy atom. The highest BCUT2D eigenvalue weighted by Crippen LogP contribution is 2.58. The minimum absolute atomic E-state index is 0.251. The standard InChI is InChI=1S/C15H20N2O4/c1-8-11(7-18)21-16-13(8)12-9-5-17(6-10(9)12)14(19)20-15(2,3)4/h7,9-10,12H,5-6H2,1-4H3/t9-,10+,12?. The molecule has 2 aliphatic rings. The molecular weight excluding hydrogens is 272 g/mol. The van der Waals surface area contributed by atoms with Gasteiger partial charge < -0.3 is 14.2 Å². The maximum atomic E-state index is 12.0. The Kier molecular flexibility index (Phi) is 3.07. The van der Waals surface area contributed by atoms with Crippen LogP contribution in [-0.2, 0) is 4.74 Å². The quantitative estimate of drug-likeness (QED) is 0.782. The van der Waals surface area contributed by atoms with E-state index in [0.29, 0.717) is 42.9 Å². The first-order valence-electron chi connectivity index (χ1n) is 7.21. The van der Waals surface area contributed by atoms with Crippen LogP contribution in [0.1, 0.15) is 48.5 Å². The molecule has 0 radical (unpaired) electrons. The number of nitrogens with zero attached hydrogens (tertiary/aromatic N) is 2. The molecule has 3 atom stereocenters.